The predicted octanol–water partition coefficient (Wildman–Crippen LogP) is 7.40. The van der Waals surface area contributed by atoms with E-state index >= 15 is 0 Å². The normalized spacial score (nSPS) is 14.9. The molecule has 1 saturated heterocycles. The summed E-state index contributed by atoms with van der Waals surface area (Å²) in [6, 6.07) is 15.6. The smallest absolute Gasteiger partial charge is 0.335 e. The molecular weight excluding hydrogens is 807 g/mol. The molecule has 1 aliphatic carbocycles. The van der Waals surface area contributed by atoms with Crippen LogP contribution in [0.25, 0.3) is 22.2 Å². The van der Waals surface area contributed by atoms with Gasteiger partial charge in [0, 0.05) is 54.7 Å². The van der Waals surface area contributed by atoms with Crippen molar-refractivity contribution in [3.8, 4) is 11.3 Å². The third-order valence-corrected chi connectivity index (χ3v) is 11.0. The number of rotatable bonds is 16. The van der Waals surface area contributed by atoms with Gasteiger partial charge in [-0.3, -0.25) is 29.8 Å². The van der Waals surface area contributed by atoms with E-state index in [-0.39, 0.29) is 65.1 Å². The largest absolute Gasteiger partial charge is 0.478 e. The number of ether oxygens (including phenoxy) is 1. The molecule has 4 aromatic carbocycles. The highest BCUT2D eigenvalue weighted by Gasteiger charge is 2.36. The van der Waals surface area contributed by atoms with Gasteiger partial charge in [-0.2, -0.15) is 0 Å². The Morgan fingerprint density at radius 1 is 0.935 bits per heavy atom. The number of hydrogen-bond donors (Lipinski definition) is 5. The second-order valence-corrected chi connectivity index (χ2v) is 16.5. The van der Waals surface area contributed by atoms with Crippen LogP contribution in [0.3, 0.4) is 0 Å². The van der Waals surface area contributed by atoms with Crippen molar-refractivity contribution in [3.63, 3.8) is 0 Å². The minimum Gasteiger partial charge on any atom is -0.478 e. The number of carbonyl (C=O) groups excluding carboxylic acids is 2. The molecule has 0 saturated carbocycles. The summed E-state index contributed by atoms with van der Waals surface area (Å²) in [5.41, 5.74) is -0.259. The van der Waals surface area contributed by atoms with Crippen molar-refractivity contribution < 1.29 is 48.5 Å². The maximum Gasteiger partial charge on any atom is 0.335 e. The van der Waals surface area contributed by atoms with Gasteiger partial charge in [0.15, 0.2) is 11.5 Å². The van der Waals surface area contributed by atoms with Crippen molar-refractivity contribution >= 4 is 68.7 Å². The van der Waals surface area contributed by atoms with Gasteiger partial charge in [0.1, 0.15) is 11.2 Å². The molecule has 5 aromatic rings. The lowest BCUT2D eigenvalue weighted by molar-refractivity contribution is -0.393. The Labute approximate surface area is 353 Å². The van der Waals surface area contributed by atoms with Gasteiger partial charge < -0.3 is 40.3 Å². The number of benzene rings is 4. The first kappa shape index (κ1) is 42.7. The Morgan fingerprint density at radius 3 is 2.29 bits per heavy atom. The number of non-ortho nitro benzene ring substituents is 1. The average Bonchev–Trinajstić information content (AvgIpc) is 3.67. The van der Waals surface area contributed by atoms with Gasteiger partial charge in [0.05, 0.1) is 60.9 Å². The monoisotopic (exact) mass is 849 g/mol. The Kier molecular flexibility index (Phi) is 11.4. The molecule has 1 fully saturated rings. The van der Waals surface area contributed by atoms with Crippen molar-refractivity contribution in [2.75, 3.05) is 41.8 Å². The third kappa shape index (κ3) is 8.73. The number of carboxylic acids is 2. The molecule has 1 amide bonds. The third-order valence-electron chi connectivity index (χ3n) is 11.0. The molecule has 2 heterocycles. The number of nitrogens with zero attached hydrogens (tertiary/aromatic N) is 4. The molecule has 322 valence electrons. The lowest BCUT2D eigenvalue weighted by Gasteiger charge is -2.35. The molecular formula is C43H43N7O12. The topological polar surface area (TPSA) is 270 Å². The minimum atomic E-state index is -1.33. The lowest BCUT2D eigenvalue weighted by Crippen LogP contribution is -2.47. The zero-order chi connectivity index (χ0) is 44.7. The lowest BCUT2D eigenvalue weighted by atomic mass is 9.86. The van der Waals surface area contributed by atoms with Crippen molar-refractivity contribution in [1.82, 2.24) is 10.5 Å². The molecule has 0 spiro atoms. The van der Waals surface area contributed by atoms with E-state index in [1.807, 2.05) is 32.6 Å². The molecule has 0 bridgehead atoms. The first-order valence-electron chi connectivity index (χ1n) is 19.7. The fraction of sp³-hybridized carbons (Fsp3) is 0.326. The van der Waals surface area contributed by atoms with Gasteiger partial charge >= 0.3 is 11.9 Å². The number of nitrogens with one attached hydrogen (secondary N) is 3. The van der Waals surface area contributed by atoms with Gasteiger partial charge in [0.25, 0.3) is 11.4 Å². The quantitative estimate of drug-likeness (QED) is 0.0469. The van der Waals surface area contributed by atoms with Crippen molar-refractivity contribution in [2.45, 2.75) is 58.1 Å². The van der Waals surface area contributed by atoms with Gasteiger partial charge in [-0.1, -0.05) is 29.4 Å². The zero-order valence-corrected chi connectivity index (χ0v) is 34.1. The van der Waals surface area contributed by atoms with E-state index in [1.165, 1.54) is 24.3 Å². The van der Waals surface area contributed by atoms with Crippen LogP contribution in [0.4, 0.5) is 34.1 Å². The van der Waals surface area contributed by atoms with E-state index < -0.39 is 50.2 Å². The SMILES string of the molecule is CC(C)(CCOC(C)(C)CNC(=O)[C@H]1CCCN(c2cc(Nc3cc(C(=O)O)cc(C(=O)O)c3)c3c4c(onc24)-c2ccccc2C3=O)C1)Nc1ccc([N+](=O)[O-])cc1[N+](=O)[O-]. The summed E-state index contributed by atoms with van der Waals surface area (Å²) in [6.07, 6.45) is 1.61. The summed E-state index contributed by atoms with van der Waals surface area (Å²) >= 11 is 0. The molecule has 0 unspecified atom stereocenters. The minimum absolute atomic E-state index is 0.127. The summed E-state index contributed by atoms with van der Waals surface area (Å²) in [5, 5.41) is 56.4. The fourth-order valence-electron chi connectivity index (χ4n) is 7.79. The predicted molar refractivity (Wildman–Crippen MR) is 227 cm³/mol. The molecule has 0 radical (unpaired) electrons. The maximum atomic E-state index is 14.2. The van der Waals surface area contributed by atoms with Crippen LogP contribution in [0, 0.1) is 26.1 Å². The number of nitro groups is 2. The molecule has 1 aromatic heterocycles. The van der Waals surface area contributed by atoms with Crippen molar-refractivity contribution in [1.29, 1.82) is 0 Å². The van der Waals surface area contributed by atoms with Crippen LogP contribution in [-0.4, -0.2) is 86.2 Å². The van der Waals surface area contributed by atoms with Crippen LogP contribution in [-0.2, 0) is 9.53 Å². The van der Waals surface area contributed by atoms with Crippen LogP contribution in [0.15, 0.2) is 71.3 Å². The number of carboxylic acid groups (broad SMARTS) is 2. The van der Waals surface area contributed by atoms with Gasteiger partial charge in [-0.15, -0.1) is 0 Å². The molecule has 1 atom stereocenters. The average molecular weight is 850 g/mol. The Hall–Kier alpha value is -7.41. The second-order valence-electron chi connectivity index (χ2n) is 16.5. The number of anilines is 4. The highest BCUT2D eigenvalue weighted by molar-refractivity contribution is 6.29. The van der Waals surface area contributed by atoms with E-state index in [9.17, 15) is 49.6 Å². The van der Waals surface area contributed by atoms with Gasteiger partial charge in [0.2, 0.25) is 5.91 Å². The van der Waals surface area contributed by atoms with E-state index in [0.29, 0.717) is 59.3 Å². The van der Waals surface area contributed by atoms with Gasteiger partial charge in [-0.25, -0.2) is 9.59 Å². The highest BCUT2D eigenvalue weighted by atomic mass is 16.6. The number of hydrogen-bond acceptors (Lipinski definition) is 14. The number of carbonyl (C=O) groups is 4. The zero-order valence-electron chi connectivity index (χ0n) is 34.1. The van der Waals surface area contributed by atoms with Crippen LogP contribution in [0.2, 0.25) is 0 Å². The second kappa shape index (κ2) is 16.6. The van der Waals surface area contributed by atoms with Gasteiger partial charge in [-0.05, 0) is 77.3 Å². The maximum absolute atomic E-state index is 14.2. The van der Waals surface area contributed by atoms with E-state index in [2.05, 4.69) is 21.1 Å². The van der Waals surface area contributed by atoms with Crippen LogP contribution >= 0.6 is 0 Å². The fourth-order valence-corrected chi connectivity index (χ4v) is 7.79. The molecule has 62 heavy (non-hydrogen) atoms. The Balaban J connectivity index is 1.07. The molecule has 2 aliphatic rings. The Bertz CT molecular complexity index is 2640. The summed E-state index contributed by atoms with van der Waals surface area (Å²) in [7, 11) is 0. The summed E-state index contributed by atoms with van der Waals surface area (Å²) in [5.74, 6) is -3.30. The standard InChI is InChI=1S/C43H43N7O12/c1-42(2,46-30-12-11-27(49(57)58)19-32(30)50(59)60)13-15-61-43(3,4)22-44-39(52)23-8-7-14-48(21-23)33-20-31(45-26-17-24(40(53)54)16-25(18-26)41(55)56)34-35-36(33)47-62-38(35)29-10-6-5-9-28(29)37(34)51/h5-6,9-12,16-20,23,45-46H,7-8,13-15,21-22H2,1-4H3,(H,44,52)(H,53,54)(H,55,56)/t23-/m0/s1. The highest BCUT2D eigenvalue weighted by Crippen LogP contribution is 2.47. The van der Waals surface area contributed by atoms with Crippen LogP contribution < -0.4 is 20.9 Å². The molecule has 19 nitrogen and oxygen atoms in total. The van der Waals surface area contributed by atoms with Crippen LogP contribution in [0.5, 0.6) is 0 Å². The van der Waals surface area contributed by atoms with Crippen LogP contribution in [0.1, 0.15) is 83.6 Å². The number of ketones is 1. The number of amides is 1. The summed E-state index contributed by atoms with van der Waals surface area (Å²) in [6.45, 7) is 8.48. The Morgan fingerprint density at radius 2 is 1.63 bits per heavy atom. The first-order valence-corrected chi connectivity index (χ1v) is 19.7. The molecule has 7 rings (SSSR count). The van der Waals surface area contributed by atoms with Crippen molar-refractivity contribution in [3.05, 3.63) is 109 Å². The van der Waals surface area contributed by atoms with E-state index in [1.54, 1.807) is 30.3 Å². The number of fused-ring (bicyclic) bond motifs is 2. The number of nitro benzene ring substituents is 2. The molecule has 19 heteroatoms. The molecule has 1 aliphatic heterocycles. The number of aromatic nitrogens is 1. The first-order chi connectivity index (χ1) is 29.3. The summed E-state index contributed by atoms with van der Waals surface area (Å²) < 4.78 is 12.1. The molecule has 5 N–H and O–H groups in total. The van der Waals surface area contributed by atoms with E-state index in [4.69, 9.17) is 9.26 Å². The van der Waals surface area contributed by atoms with E-state index in [0.717, 1.165) is 12.1 Å². The number of piperidine rings is 1. The number of aromatic carboxylic acids is 2. The van der Waals surface area contributed by atoms with Crippen molar-refractivity contribution in [2.24, 2.45) is 5.92 Å². The summed E-state index contributed by atoms with van der Waals surface area (Å²) in [4.78, 5) is 75.2.